The van der Waals surface area contributed by atoms with Crippen LogP contribution in [0.1, 0.15) is 36.5 Å². The second kappa shape index (κ2) is 11.1. The van der Waals surface area contributed by atoms with Crippen LogP contribution in [0.4, 0.5) is 0 Å². The van der Waals surface area contributed by atoms with Crippen LogP contribution in [0.25, 0.3) is 0 Å². The van der Waals surface area contributed by atoms with E-state index in [0.717, 1.165) is 25.9 Å². The molecule has 0 spiro atoms. The Labute approximate surface area is 151 Å². The van der Waals surface area contributed by atoms with Crippen molar-refractivity contribution in [1.82, 2.24) is 5.32 Å². The number of carbonyl (C=O) groups excluding carboxylic acids is 1. The molecule has 0 aliphatic heterocycles. The molecular weight excluding hydrogens is 378 g/mol. The number of methoxy groups -OCH3 is 3. The Morgan fingerprint density at radius 3 is 2.33 bits per heavy atom. The van der Waals surface area contributed by atoms with Crippen LogP contribution in [0.5, 0.6) is 17.2 Å². The molecule has 1 N–H and O–H groups in total. The minimum absolute atomic E-state index is 0.213. The highest BCUT2D eigenvalue weighted by molar-refractivity contribution is 9.10. The molecule has 0 aromatic heterocycles. The Hall–Kier alpha value is -1.47. The van der Waals surface area contributed by atoms with Crippen molar-refractivity contribution >= 4 is 21.8 Å². The van der Waals surface area contributed by atoms with Gasteiger partial charge in [-0.1, -0.05) is 13.3 Å². The van der Waals surface area contributed by atoms with E-state index in [1.54, 1.807) is 6.07 Å². The van der Waals surface area contributed by atoms with Gasteiger partial charge in [0.1, 0.15) is 0 Å². The minimum Gasteiger partial charge on any atom is -0.493 e. The number of hydrogen-bond acceptors (Lipinski definition) is 5. The first-order valence-corrected chi connectivity index (χ1v) is 8.74. The second-order valence-corrected chi connectivity index (χ2v) is 5.88. The third-order valence-electron chi connectivity index (χ3n) is 3.41. The van der Waals surface area contributed by atoms with Gasteiger partial charge in [0.2, 0.25) is 5.75 Å². The Kier molecular flexibility index (Phi) is 9.56. The second-order valence-electron chi connectivity index (χ2n) is 5.08. The summed E-state index contributed by atoms with van der Waals surface area (Å²) in [6, 6.07) is 1.62. The van der Waals surface area contributed by atoms with Gasteiger partial charge in [-0.3, -0.25) is 4.79 Å². The quantitative estimate of drug-likeness (QED) is 0.573. The van der Waals surface area contributed by atoms with Gasteiger partial charge in [0, 0.05) is 19.8 Å². The first-order valence-electron chi connectivity index (χ1n) is 7.95. The van der Waals surface area contributed by atoms with Crippen LogP contribution in [-0.2, 0) is 4.74 Å². The van der Waals surface area contributed by atoms with Gasteiger partial charge in [-0.05, 0) is 34.8 Å². The van der Waals surface area contributed by atoms with Crippen molar-refractivity contribution < 1.29 is 23.7 Å². The number of unbranched alkanes of at least 4 members (excludes halogenated alkanes) is 1. The molecule has 1 aromatic rings. The molecule has 0 heterocycles. The summed E-state index contributed by atoms with van der Waals surface area (Å²) >= 11 is 3.40. The van der Waals surface area contributed by atoms with E-state index < -0.39 is 0 Å². The van der Waals surface area contributed by atoms with Gasteiger partial charge in [0.25, 0.3) is 5.91 Å². The molecule has 7 heteroatoms. The Morgan fingerprint density at radius 1 is 1.08 bits per heavy atom. The first kappa shape index (κ1) is 20.6. The highest BCUT2D eigenvalue weighted by atomic mass is 79.9. The van der Waals surface area contributed by atoms with E-state index in [9.17, 15) is 4.79 Å². The number of rotatable bonds is 11. The van der Waals surface area contributed by atoms with Gasteiger partial charge in [-0.15, -0.1) is 0 Å². The number of halogens is 1. The third kappa shape index (κ3) is 5.56. The maximum Gasteiger partial charge on any atom is 0.252 e. The molecule has 0 saturated heterocycles. The number of hydrogen-bond donors (Lipinski definition) is 1. The number of benzene rings is 1. The van der Waals surface area contributed by atoms with Crippen molar-refractivity contribution in [1.29, 1.82) is 0 Å². The van der Waals surface area contributed by atoms with E-state index in [1.807, 2.05) is 0 Å². The number of nitrogens with one attached hydrogen (secondary N) is 1. The Morgan fingerprint density at radius 2 is 1.75 bits per heavy atom. The summed E-state index contributed by atoms with van der Waals surface area (Å²) in [7, 11) is 4.54. The first-order chi connectivity index (χ1) is 11.6. The van der Waals surface area contributed by atoms with E-state index in [-0.39, 0.29) is 5.91 Å². The molecule has 136 valence electrons. The molecule has 0 unspecified atom stereocenters. The van der Waals surface area contributed by atoms with Gasteiger partial charge < -0.3 is 24.3 Å². The van der Waals surface area contributed by atoms with E-state index in [2.05, 4.69) is 28.2 Å². The summed E-state index contributed by atoms with van der Waals surface area (Å²) in [5.74, 6) is 1.08. The number of ether oxygens (including phenoxy) is 4. The molecule has 0 bridgehead atoms. The van der Waals surface area contributed by atoms with Crippen LogP contribution < -0.4 is 19.5 Å². The van der Waals surface area contributed by atoms with Crippen LogP contribution in [0.3, 0.4) is 0 Å². The van der Waals surface area contributed by atoms with E-state index in [4.69, 9.17) is 18.9 Å². The number of amides is 1. The molecular formula is C17H26BrNO5. The third-order valence-corrected chi connectivity index (χ3v) is 4.19. The van der Waals surface area contributed by atoms with Gasteiger partial charge in [-0.2, -0.15) is 0 Å². The smallest absolute Gasteiger partial charge is 0.252 e. The van der Waals surface area contributed by atoms with Crippen molar-refractivity contribution in [2.45, 2.75) is 26.2 Å². The maximum atomic E-state index is 12.4. The Balaban J connectivity index is 2.70. The topological polar surface area (TPSA) is 66.0 Å². The molecule has 0 radical (unpaired) electrons. The molecule has 0 fully saturated rings. The van der Waals surface area contributed by atoms with Crippen LogP contribution >= 0.6 is 15.9 Å². The Bertz CT molecular complexity index is 536. The van der Waals surface area contributed by atoms with Gasteiger partial charge in [0.05, 0.1) is 31.4 Å². The van der Waals surface area contributed by atoms with Crippen LogP contribution in [0.15, 0.2) is 10.5 Å². The summed E-state index contributed by atoms with van der Waals surface area (Å²) in [6.07, 6.45) is 2.94. The standard InChI is InChI=1S/C17H26BrNO5/c1-5-6-9-24-10-7-8-19-17(20)12-11-13(21-2)15(22-3)16(23-4)14(12)18/h11H,5-10H2,1-4H3,(H,19,20). The lowest BCUT2D eigenvalue weighted by atomic mass is 10.1. The average molecular weight is 404 g/mol. The highest BCUT2D eigenvalue weighted by Crippen LogP contribution is 2.44. The van der Waals surface area contributed by atoms with Crippen LogP contribution in [0, 0.1) is 0 Å². The summed E-state index contributed by atoms with van der Waals surface area (Å²) in [4.78, 5) is 12.4. The molecule has 1 amide bonds. The zero-order valence-electron chi connectivity index (χ0n) is 14.7. The predicted molar refractivity (Wildman–Crippen MR) is 96.5 cm³/mol. The summed E-state index contributed by atoms with van der Waals surface area (Å²) in [5.41, 5.74) is 0.427. The zero-order valence-corrected chi connectivity index (χ0v) is 16.3. The molecule has 24 heavy (non-hydrogen) atoms. The normalized spacial score (nSPS) is 10.4. The van der Waals surface area contributed by atoms with Crippen LogP contribution in [0.2, 0.25) is 0 Å². The summed E-state index contributed by atoms with van der Waals surface area (Å²) in [5, 5.41) is 2.87. The zero-order chi connectivity index (χ0) is 17.9. The lowest BCUT2D eigenvalue weighted by Gasteiger charge is -2.16. The molecule has 0 saturated carbocycles. The number of carbonyl (C=O) groups is 1. The van der Waals surface area contributed by atoms with Crippen molar-refractivity contribution in [2.24, 2.45) is 0 Å². The fraction of sp³-hybridized carbons (Fsp3) is 0.588. The van der Waals surface area contributed by atoms with Crippen LogP contribution in [-0.4, -0.2) is 47.0 Å². The lowest BCUT2D eigenvalue weighted by Crippen LogP contribution is -2.26. The fourth-order valence-corrected chi connectivity index (χ4v) is 2.74. The molecule has 6 nitrogen and oxygen atoms in total. The van der Waals surface area contributed by atoms with Crippen molar-refractivity contribution in [3.8, 4) is 17.2 Å². The molecule has 1 rings (SSSR count). The molecule has 0 aliphatic carbocycles. The summed E-state index contributed by atoms with van der Waals surface area (Å²) < 4.78 is 21.9. The van der Waals surface area contributed by atoms with Gasteiger partial charge in [0.15, 0.2) is 11.5 Å². The highest BCUT2D eigenvalue weighted by Gasteiger charge is 2.22. The largest absolute Gasteiger partial charge is 0.493 e. The van der Waals surface area contributed by atoms with Crippen molar-refractivity contribution in [2.75, 3.05) is 41.1 Å². The molecule has 1 aromatic carbocycles. The van der Waals surface area contributed by atoms with E-state index in [0.29, 0.717) is 40.4 Å². The average Bonchev–Trinajstić information content (AvgIpc) is 2.60. The van der Waals surface area contributed by atoms with Crippen molar-refractivity contribution in [3.63, 3.8) is 0 Å². The summed E-state index contributed by atoms with van der Waals surface area (Å²) in [6.45, 7) is 4.06. The predicted octanol–water partition coefficient (Wildman–Crippen LogP) is 3.41. The lowest BCUT2D eigenvalue weighted by molar-refractivity contribution is 0.0938. The monoisotopic (exact) mass is 403 g/mol. The SMILES string of the molecule is CCCCOCCCNC(=O)c1cc(OC)c(OC)c(OC)c1Br. The van der Waals surface area contributed by atoms with E-state index in [1.165, 1.54) is 21.3 Å². The minimum atomic E-state index is -0.213. The van der Waals surface area contributed by atoms with Gasteiger partial charge in [-0.25, -0.2) is 0 Å². The van der Waals surface area contributed by atoms with Crippen molar-refractivity contribution in [3.05, 3.63) is 16.1 Å². The van der Waals surface area contributed by atoms with E-state index >= 15 is 0 Å². The van der Waals surface area contributed by atoms with Gasteiger partial charge >= 0.3 is 0 Å². The molecule has 0 atom stereocenters. The maximum absolute atomic E-state index is 12.4. The fourth-order valence-electron chi connectivity index (χ4n) is 2.11. The molecule has 0 aliphatic rings.